The third kappa shape index (κ3) is 5.46. The number of nitrogens with one attached hydrogen (secondary N) is 1. The lowest BCUT2D eigenvalue weighted by Crippen LogP contribution is -2.27. The molecule has 0 atom stereocenters. The van der Waals surface area contributed by atoms with Crippen LogP contribution < -0.4 is 10.5 Å². The summed E-state index contributed by atoms with van der Waals surface area (Å²) < 4.78 is 62.4. The standard InChI is InChI=1S/C12H16ClF3N2O2S/c1-8-9(7-17)5-10(13)6-11(8)21(19,20)18-4-2-3-12(14,15)16/h5-6,18H,2-4,7,17H2,1H3. The van der Waals surface area contributed by atoms with Gasteiger partial charge < -0.3 is 5.73 Å². The number of sulfonamides is 1. The SMILES string of the molecule is Cc1c(CN)cc(Cl)cc1S(=O)(=O)NCCCC(F)(F)F. The van der Waals surface area contributed by atoms with Crippen LogP contribution in [-0.2, 0) is 16.6 Å². The van der Waals surface area contributed by atoms with Crippen LogP contribution in [-0.4, -0.2) is 21.1 Å². The maximum Gasteiger partial charge on any atom is 0.389 e. The summed E-state index contributed by atoms with van der Waals surface area (Å²) in [7, 11) is -3.92. The Kier molecular flexibility index (Phi) is 6.03. The Morgan fingerprint density at radius 2 is 1.95 bits per heavy atom. The predicted molar refractivity (Wildman–Crippen MR) is 74.6 cm³/mol. The van der Waals surface area contributed by atoms with Gasteiger partial charge in [0.25, 0.3) is 0 Å². The molecule has 0 aliphatic carbocycles. The van der Waals surface area contributed by atoms with E-state index in [2.05, 4.69) is 4.72 Å². The Morgan fingerprint density at radius 1 is 1.33 bits per heavy atom. The van der Waals surface area contributed by atoms with Gasteiger partial charge in [-0.05, 0) is 36.6 Å². The summed E-state index contributed by atoms with van der Waals surface area (Å²) in [6.45, 7) is 1.39. The summed E-state index contributed by atoms with van der Waals surface area (Å²) in [6, 6.07) is 2.81. The number of halogens is 4. The van der Waals surface area contributed by atoms with Crippen LogP contribution in [0.5, 0.6) is 0 Å². The molecule has 21 heavy (non-hydrogen) atoms. The van der Waals surface area contributed by atoms with Crippen molar-refractivity contribution < 1.29 is 21.6 Å². The molecule has 0 amide bonds. The largest absolute Gasteiger partial charge is 0.389 e. The summed E-state index contributed by atoms with van der Waals surface area (Å²) in [5.41, 5.74) is 6.51. The fraction of sp³-hybridized carbons (Fsp3) is 0.500. The summed E-state index contributed by atoms with van der Waals surface area (Å²) in [6.07, 6.45) is -5.67. The first-order valence-electron chi connectivity index (χ1n) is 6.12. The minimum atomic E-state index is -4.30. The first kappa shape index (κ1) is 18.2. The molecule has 0 spiro atoms. The van der Waals surface area contributed by atoms with Crippen LogP contribution in [0.2, 0.25) is 5.02 Å². The van der Waals surface area contributed by atoms with E-state index in [1.54, 1.807) is 13.0 Å². The van der Waals surface area contributed by atoms with Gasteiger partial charge in [0.1, 0.15) is 0 Å². The number of benzene rings is 1. The maximum absolute atomic E-state index is 12.1. The molecule has 0 aliphatic rings. The van der Waals surface area contributed by atoms with Crippen molar-refractivity contribution in [2.45, 2.75) is 37.4 Å². The topological polar surface area (TPSA) is 72.2 Å². The van der Waals surface area contributed by atoms with Crippen molar-refractivity contribution >= 4 is 21.6 Å². The normalized spacial score (nSPS) is 12.7. The monoisotopic (exact) mass is 344 g/mol. The van der Waals surface area contributed by atoms with E-state index >= 15 is 0 Å². The van der Waals surface area contributed by atoms with E-state index in [4.69, 9.17) is 17.3 Å². The number of hydrogen-bond donors (Lipinski definition) is 2. The van der Waals surface area contributed by atoms with Crippen LogP contribution >= 0.6 is 11.6 Å². The highest BCUT2D eigenvalue weighted by Gasteiger charge is 2.26. The van der Waals surface area contributed by atoms with Gasteiger partial charge in [0.2, 0.25) is 10.0 Å². The van der Waals surface area contributed by atoms with Crippen molar-refractivity contribution in [3.63, 3.8) is 0 Å². The van der Waals surface area contributed by atoms with Crippen molar-refractivity contribution in [3.8, 4) is 0 Å². The van der Waals surface area contributed by atoms with Gasteiger partial charge in [0.05, 0.1) is 4.90 Å². The molecule has 1 aromatic rings. The second-order valence-electron chi connectivity index (χ2n) is 4.51. The van der Waals surface area contributed by atoms with Crippen LogP contribution in [0.4, 0.5) is 13.2 Å². The van der Waals surface area contributed by atoms with Crippen LogP contribution in [0.25, 0.3) is 0 Å². The molecule has 0 radical (unpaired) electrons. The first-order valence-corrected chi connectivity index (χ1v) is 7.98. The van der Waals surface area contributed by atoms with Gasteiger partial charge in [-0.15, -0.1) is 0 Å². The minimum Gasteiger partial charge on any atom is -0.326 e. The highest BCUT2D eigenvalue weighted by Crippen LogP contribution is 2.25. The molecule has 9 heteroatoms. The maximum atomic E-state index is 12.1. The van der Waals surface area contributed by atoms with Crippen molar-refractivity contribution in [1.29, 1.82) is 0 Å². The second kappa shape index (κ2) is 6.95. The molecule has 0 saturated heterocycles. The zero-order valence-corrected chi connectivity index (χ0v) is 12.9. The van der Waals surface area contributed by atoms with Crippen molar-refractivity contribution in [2.24, 2.45) is 5.73 Å². The lowest BCUT2D eigenvalue weighted by atomic mass is 10.1. The molecule has 120 valence electrons. The number of rotatable bonds is 6. The summed E-state index contributed by atoms with van der Waals surface area (Å²) in [4.78, 5) is -0.0672. The van der Waals surface area contributed by atoms with Gasteiger partial charge in [-0.2, -0.15) is 13.2 Å². The summed E-state index contributed by atoms with van der Waals surface area (Å²) >= 11 is 5.83. The molecule has 4 nitrogen and oxygen atoms in total. The zero-order valence-electron chi connectivity index (χ0n) is 11.3. The highest BCUT2D eigenvalue weighted by molar-refractivity contribution is 7.89. The molecule has 0 aromatic heterocycles. The minimum absolute atomic E-state index is 0.0672. The molecule has 0 saturated carbocycles. The van der Waals surface area contributed by atoms with Gasteiger partial charge in [0.15, 0.2) is 0 Å². The van der Waals surface area contributed by atoms with Gasteiger partial charge in [0, 0.05) is 24.5 Å². The van der Waals surface area contributed by atoms with Crippen LogP contribution in [0.3, 0.4) is 0 Å². The van der Waals surface area contributed by atoms with E-state index in [0.717, 1.165) is 0 Å². The molecular weight excluding hydrogens is 329 g/mol. The van der Waals surface area contributed by atoms with E-state index in [1.165, 1.54) is 6.07 Å². The fourth-order valence-electron chi connectivity index (χ4n) is 1.77. The molecule has 0 heterocycles. The Morgan fingerprint density at radius 3 is 2.48 bits per heavy atom. The van der Waals surface area contributed by atoms with Crippen molar-refractivity contribution in [1.82, 2.24) is 4.72 Å². The quantitative estimate of drug-likeness (QED) is 0.779. The Balaban J connectivity index is 2.86. The smallest absolute Gasteiger partial charge is 0.326 e. The van der Waals surface area contributed by atoms with Gasteiger partial charge in [-0.1, -0.05) is 11.6 Å². The van der Waals surface area contributed by atoms with Crippen molar-refractivity contribution in [3.05, 3.63) is 28.3 Å². The highest BCUT2D eigenvalue weighted by atomic mass is 35.5. The number of nitrogens with two attached hydrogens (primary N) is 1. The Labute approximate surface area is 126 Å². The van der Waals surface area contributed by atoms with E-state index in [1.807, 2.05) is 0 Å². The molecule has 0 unspecified atom stereocenters. The second-order valence-corrected chi connectivity index (χ2v) is 6.68. The molecule has 3 N–H and O–H groups in total. The van der Waals surface area contributed by atoms with Crippen LogP contribution in [0.15, 0.2) is 17.0 Å². The first-order chi connectivity index (χ1) is 9.57. The lowest BCUT2D eigenvalue weighted by molar-refractivity contribution is -0.135. The Hall–Kier alpha value is -0.830. The average Bonchev–Trinajstić information content (AvgIpc) is 2.36. The van der Waals surface area contributed by atoms with Gasteiger partial charge in [-0.3, -0.25) is 0 Å². The number of hydrogen-bond acceptors (Lipinski definition) is 3. The molecule has 0 fully saturated rings. The lowest BCUT2D eigenvalue weighted by Gasteiger charge is -2.13. The predicted octanol–water partition coefficient (Wildman–Crippen LogP) is 2.73. The Bertz CT molecular complexity index is 603. The van der Waals surface area contributed by atoms with Crippen LogP contribution in [0.1, 0.15) is 24.0 Å². The third-order valence-electron chi connectivity index (χ3n) is 2.87. The van der Waals surface area contributed by atoms with E-state index < -0.39 is 22.6 Å². The zero-order chi connectivity index (χ0) is 16.3. The molecule has 1 rings (SSSR count). The molecule has 0 bridgehead atoms. The molecule has 1 aromatic carbocycles. The average molecular weight is 345 g/mol. The summed E-state index contributed by atoms with van der Waals surface area (Å²) in [5.74, 6) is 0. The van der Waals surface area contributed by atoms with E-state index in [9.17, 15) is 21.6 Å². The van der Waals surface area contributed by atoms with Gasteiger partial charge >= 0.3 is 6.18 Å². The number of alkyl halides is 3. The van der Waals surface area contributed by atoms with Crippen molar-refractivity contribution in [2.75, 3.05) is 6.54 Å². The van der Waals surface area contributed by atoms with E-state index in [-0.39, 0.29) is 29.4 Å². The molecule has 0 aliphatic heterocycles. The molecular formula is C12H16ClF3N2O2S. The summed E-state index contributed by atoms with van der Waals surface area (Å²) in [5, 5.41) is 0.205. The van der Waals surface area contributed by atoms with E-state index in [0.29, 0.717) is 11.1 Å². The third-order valence-corrected chi connectivity index (χ3v) is 4.68. The van der Waals surface area contributed by atoms with Gasteiger partial charge in [-0.25, -0.2) is 13.1 Å². The fourth-order valence-corrected chi connectivity index (χ4v) is 3.46. The van der Waals surface area contributed by atoms with Crippen LogP contribution in [0, 0.1) is 6.92 Å².